The minimum Gasteiger partial charge on any atom is -0.271 e. The van der Waals surface area contributed by atoms with Crippen molar-refractivity contribution in [3.63, 3.8) is 0 Å². The van der Waals surface area contributed by atoms with Gasteiger partial charge in [0.1, 0.15) is 11.6 Å². The lowest BCUT2D eigenvalue weighted by Crippen LogP contribution is -2.29. The third kappa shape index (κ3) is 2.92. The first kappa shape index (κ1) is 13.9. The van der Waals surface area contributed by atoms with Crippen molar-refractivity contribution < 1.29 is 8.78 Å². The van der Waals surface area contributed by atoms with E-state index in [2.05, 4.69) is 5.43 Å². The van der Waals surface area contributed by atoms with E-state index in [1.165, 1.54) is 12.1 Å². The van der Waals surface area contributed by atoms with Crippen molar-refractivity contribution in [1.82, 2.24) is 5.43 Å². The van der Waals surface area contributed by atoms with E-state index in [4.69, 9.17) is 17.4 Å². The van der Waals surface area contributed by atoms with Crippen LogP contribution in [-0.4, -0.2) is 0 Å². The molecule has 2 aromatic rings. The van der Waals surface area contributed by atoms with E-state index in [1.807, 2.05) is 13.0 Å². The van der Waals surface area contributed by atoms with Gasteiger partial charge < -0.3 is 0 Å². The van der Waals surface area contributed by atoms with Gasteiger partial charge in [-0.25, -0.2) is 14.2 Å². The van der Waals surface area contributed by atoms with E-state index in [1.54, 1.807) is 12.1 Å². The maximum absolute atomic E-state index is 13.8. The Morgan fingerprint density at radius 2 is 1.89 bits per heavy atom. The van der Waals surface area contributed by atoms with Gasteiger partial charge in [-0.3, -0.25) is 5.84 Å². The predicted octanol–water partition coefficient (Wildman–Crippen LogP) is 3.48. The molecule has 0 saturated carbocycles. The van der Waals surface area contributed by atoms with Crippen LogP contribution in [0.4, 0.5) is 8.78 Å². The Morgan fingerprint density at radius 3 is 2.47 bits per heavy atom. The van der Waals surface area contributed by atoms with Gasteiger partial charge in [-0.15, -0.1) is 0 Å². The molecule has 0 aliphatic rings. The fourth-order valence-electron chi connectivity index (χ4n) is 1.89. The van der Waals surface area contributed by atoms with Crippen LogP contribution in [0.1, 0.15) is 22.7 Å². The van der Waals surface area contributed by atoms with Gasteiger partial charge in [0.05, 0.1) is 6.04 Å². The number of rotatable bonds is 3. The summed E-state index contributed by atoms with van der Waals surface area (Å²) in [6.45, 7) is 1.87. The molecule has 0 fully saturated rings. The predicted molar refractivity (Wildman–Crippen MR) is 71.7 cm³/mol. The molecule has 0 saturated heterocycles. The maximum atomic E-state index is 13.8. The van der Waals surface area contributed by atoms with Crippen molar-refractivity contribution in [3.8, 4) is 0 Å². The zero-order valence-corrected chi connectivity index (χ0v) is 11.0. The molecule has 1 atom stereocenters. The van der Waals surface area contributed by atoms with Crippen LogP contribution in [0, 0.1) is 18.6 Å². The Labute approximate surface area is 115 Å². The third-order valence-corrected chi connectivity index (χ3v) is 3.38. The average molecular weight is 283 g/mol. The summed E-state index contributed by atoms with van der Waals surface area (Å²) in [7, 11) is 0. The summed E-state index contributed by atoms with van der Waals surface area (Å²) in [5, 5.41) is 0.570. The van der Waals surface area contributed by atoms with Gasteiger partial charge in [-0.1, -0.05) is 29.8 Å². The number of aryl methyl sites for hydroxylation is 1. The number of halogens is 3. The molecular formula is C14H13ClF2N2. The molecule has 0 aliphatic heterocycles. The van der Waals surface area contributed by atoms with Crippen molar-refractivity contribution in [2.24, 2.45) is 5.84 Å². The Kier molecular flexibility index (Phi) is 4.14. The molecule has 2 nitrogen and oxygen atoms in total. The first-order valence-corrected chi connectivity index (χ1v) is 6.08. The molecular weight excluding hydrogens is 270 g/mol. The van der Waals surface area contributed by atoms with Crippen LogP contribution < -0.4 is 11.3 Å². The zero-order valence-electron chi connectivity index (χ0n) is 10.3. The second-order valence-electron chi connectivity index (χ2n) is 4.27. The molecule has 0 radical (unpaired) electrons. The molecule has 0 bridgehead atoms. The van der Waals surface area contributed by atoms with E-state index in [0.717, 1.165) is 11.6 Å². The van der Waals surface area contributed by atoms with Crippen LogP contribution >= 0.6 is 11.6 Å². The Bertz CT molecular complexity index is 602. The minimum atomic E-state index is -0.653. The van der Waals surface area contributed by atoms with Gasteiger partial charge in [0.25, 0.3) is 0 Å². The smallest absolute Gasteiger partial charge is 0.131 e. The largest absolute Gasteiger partial charge is 0.271 e. The fraction of sp³-hybridized carbons (Fsp3) is 0.143. The van der Waals surface area contributed by atoms with Gasteiger partial charge in [-0.05, 0) is 30.2 Å². The second-order valence-corrected chi connectivity index (χ2v) is 4.68. The summed E-state index contributed by atoms with van der Waals surface area (Å²) >= 11 is 6.05. The molecule has 0 spiro atoms. The van der Waals surface area contributed by atoms with Crippen molar-refractivity contribution in [2.75, 3.05) is 0 Å². The summed E-state index contributed by atoms with van der Waals surface area (Å²) in [4.78, 5) is 0. The second kappa shape index (κ2) is 5.65. The molecule has 0 amide bonds. The van der Waals surface area contributed by atoms with Gasteiger partial charge in [0.15, 0.2) is 0 Å². The van der Waals surface area contributed by atoms with Crippen LogP contribution in [0.5, 0.6) is 0 Å². The Balaban J connectivity index is 2.46. The van der Waals surface area contributed by atoms with Crippen molar-refractivity contribution in [1.29, 1.82) is 0 Å². The number of hydrogen-bond donors (Lipinski definition) is 2. The molecule has 1 unspecified atom stereocenters. The molecule has 0 heterocycles. The number of nitrogens with one attached hydrogen (secondary N) is 1. The maximum Gasteiger partial charge on any atom is 0.131 e. The normalized spacial score (nSPS) is 12.5. The molecule has 100 valence electrons. The standard InChI is InChI=1S/C14H13ClF2N2/c1-8-2-3-9(6-12(8)15)14(19-18)11-5-4-10(16)7-13(11)17/h2-7,14,19H,18H2,1H3. The van der Waals surface area contributed by atoms with Gasteiger partial charge >= 0.3 is 0 Å². The third-order valence-electron chi connectivity index (χ3n) is 2.97. The van der Waals surface area contributed by atoms with Crippen LogP contribution in [-0.2, 0) is 0 Å². The number of benzene rings is 2. The molecule has 19 heavy (non-hydrogen) atoms. The lowest BCUT2D eigenvalue weighted by molar-refractivity contribution is 0.541. The lowest BCUT2D eigenvalue weighted by Gasteiger charge is -2.18. The quantitative estimate of drug-likeness (QED) is 0.668. The van der Waals surface area contributed by atoms with E-state index in [0.29, 0.717) is 10.6 Å². The van der Waals surface area contributed by atoms with E-state index < -0.39 is 17.7 Å². The number of nitrogens with two attached hydrogens (primary N) is 1. The van der Waals surface area contributed by atoms with Gasteiger partial charge in [0, 0.05) is 16.7 Å². The van der Waals surface area contributed by atoms with E-state index in [-0.39, 0.29) is 5.56 Å². The highest BCUT2D eigenvalue weighted by molar-refractivity contribution is 6.31. The highest BCUT2D eigenvalue weighted by Gasteiger charge is 2.17. The molecule has 0 aliphatic carbocycles. The van der Waals surface area contributed by atoms with Gasteiger partial charge in [-0.2, -0.15) is 0 Å². The van der Waals surface area contributed by atoms with Crippen LogP contribution in [0.3, 0.4) is 0 Å². The topological polar surface area (TPSA) is 38.0 Å². The Morgan fingerprint density at radius 1 is 1.16 bits per heavy atom. The van der Waals surface area contributed by atoms with Crippen molar-refractivity contribution >= 4 is 11.6 Å². The summed E-state index contributed by atoms with van der Waals surface area (Å²) in [5.41, 5.74) is 4.42. The molecule has 2 aromatic carbocycles. The van der Waals surface area contributed by atoms with Crippen LogP contribution in [0.2, 0.25) is 5.02 Å². The summed E-state index contributed by atoms with van der Waals surface area (Å²) in [6.07, 6.45) is 0. The SMILES string of the molecule is Cc1ccc(C(NN)c2ccc(F)cc2F)cc1Cl. The highest BCUT2D eigenvalue weighted by atomic mass is 35.5. The first-order chi connectivity index (χ1) is 9.02. The lowest BCUT2D eigenvalue weighted by atomic mass is 9.98. The number of hydrazine groups is 1. The van der Waals surface area contributed by atoms with Gasteiger partial charge in [0.2, 0.25) is 0 Å². The average Bonchev–Trinajstić information content (AvgIpc) is 2.37. The minimum absolute atomic E-state index is 0.267. The summed E-state index contributed by atoms with van der Waals surface area (Å²) < 4.78 is 26.7. The molecule has 3 N–H and O–H groups in total. The van der Waals surface area contributed by atoms with Crippen molar-refractivity contribution in [2.45, 2.75) is 13.0 Å². The molecule has 5 heteroatoms. The van der Waals surface area contributed by atoms with Crippen LogP contribution in [0.25, 0.3) is 0 Å². The Hall–Kier alpha value is -1.49. The fourth-order valence-corrected chi connectivity index (χ4v) is 2.08. The van der Waals surface area contributed by atoms with E-state index >= 15 is 0 Å². The first-order valence-electron chi connectivity index (χ1n) is 5.70. The zero-order chi connectivity index (χ0) is 14.0. The van der Waals surface area contributed by atoms with E-state index in [9.17, 15) is 8.78 Å². The number of hydrogen-bond acceptors (Lipinski definition) is 2. The highest BCUT2D eigenvalue weighted by Crippen LogP contribution is 2.27. The molecule has 0 aromatic heterocycles. The van der Waals surface area contributed by atoms with Crippen molar-refractivity contribution in [3.05, 3.63) is 69.7 Å². The molecule has 2 rings (SSSR count). The van der Waals surface area contributed by atoms with Crippen LogP contribution in [0.15, 0.2) is 36.4 Å². The summed E-state index contributed by atoms with van der Waals surface area (Å²) in [6, 6.07) is 8.14. The summed E-state index contributed by atoms with van der Waals surface area (Å²) in [5.74, 6) is 4.20. The monoisotopic (exact) mass is 282 g/mol.